The number of rotatable bonds is 9. The van der Waals surface area contributed by atoms with E-state index in [-0.39, 0.29) is 17.7 Å². The summed E-state index contributed by atoms with van der Waals surface area (Å²) in [5.41, 5.74) is 6.13. The van der Waals surface area contributed by atoms with Gasteiger partial charge in [-0.05, 0) is 73.1 Å². The smallest absolute Gasteiger partial charge is 0.253 e. The molecule has 0 saturated carbocycles. The number of carbonyl (C=O) groups is 2. The van der Waals surface area contributed by atoms with Crippen molar-refractivity contribution >= 4 is 49.0 Å². The maximum atomic E-state index is 13.2. The number of hydrogen-bond acceptors (Lipinski definition) is 5. The predicted molar refractivity (Wildman–Crippen MR) is 184 cm³/mol. The summed E-state index contributed by atoms with van der Waals surface area (Å²) < 4.78 is 8.00. The largest absolute Gasteiger partial charge is 0.360 e. The van der Waals surface area contributed by atoms with Crippen LogP contribution in [0, 0.1) is 5.92 Å². The molecule has 0 bridgehead atoms. The molecule has 2 aliphatic heterocycles. The quantitative estimate of drug-likeness (QED) is 0.183. The van der Waals surface area contributed by atoms with Crippen molar-refractivity contribution in [2.75, 3.05) is 39.8 Å². The summed E-state index contributed by atoms with van der Waals surface area (Å²) in [6.07, 6.45) is 12.9. The fourth-order valence-electron chi connectivity index (χ4n) is 5.96. The number of allylic oxidation sites excluding steroid dienone is 4. The molecule has 234 valence electrons. The zero-order chi connectivity index (χ0) is 31.6. The van der Waals surface area contributed by atoms with Crippen LogP contribution in [0.2, 0.25) is 25.7 Å². The Kier molecular flexibility index (Phi) is 9.03. The summed E-state index contributed by atoms with van der Waals surface area (Å²) in [7, 11) is 0.881. The van der Waals surface area contributed by atoms with E-state index in [0.29, 0.717) is 18.9 Å². The van der Waals surface area contributed by atoms with Crippen molar-refractivity contribution < 1.29 is 14.3 Å². The van der Waals surface area contributed by atoms with Crippen LogP contribution in [0.15, 0.2) is 72.0 Å². The Morgan fingerprint density at radius 3 is 2.69 bits per heavy atom. The van der Waals surface area contributed by atoms with Gasteiger partial charge in [-0.25, -0.2) is 4.68 Å². The number of aromatic nitrogens is 2. The van der Waals surface area contributed by atoms with Gasteiger partial charge in [-0.2, -0.15) is 5.10 Å². The Morgan fingerprint density at radius 1 is 1.07 bits per heavy atom. The summed E-state index contributed by atoms with van der Waals surface area (Å²) in [6.45, 7) is 11.4. The molecule has 45 heavy (non-hydrogen) atoms. The molecule has 2 aromatic carbocycles. The molecule has 1 N–H and O–H groups in total. The number of nitrogens with one attached hydrogen (secondary N) is 1. The Labute approximate surface area is 266 Å². The second-order valence-electron chi connectivity index (χ2n) is 13.5. The van der Waals surface area contributed by atoms with Crippen molar-refractivity contribution in [3.63, 3.8) is 0 Å². The zero-order valence-corrected chi connectivity index (χ0v) is 27.8. The lowest BCUT2D eigenvalue weighted by Gasteiger charge is -2.32. The van der Waals surface area contributed by atoms with Crippen LogP contribution in [0.5, 0.6) is 0 Å². The monoisotopic (exact) mass is 621 g/mol. The molecule has 2 amide bonds. The Morgan fingerprint density at radius 2 is 1.89 bits per heavy atom. The fraction of sp³-hybridized carbons (Fsp3) is 0.361. The van der Waals surface area contributed by atoms with Gasteiger partial charge in [0.2, 0.25) is 0 Å². The van der Waals surface area contributed by atoms with Crippen molar-refractivity contribution in [3.8, 4) is 0 Å². The second kappa shape index (κ2) is 13.1. The number of fused-ring (bicyclic) bond motifs is 2. The molecular formula is C36H43N5O3Si. The maximum Gasteiger partial charge on any atom is 0.253 e. The average molecular weight is 622 g/mol. The summed E-state index contributed by atoms with van der Waals surface area (Å²) in [6, 6.07) is 15.1. The normalized spacial score (nSPS) is 19.9. The molecule has 9 heteroatoms. The second-order valence-corrected chi connectivity index (χ2v) is 19.1. The molecule has 3 aliphatic rings. The minimum atomic E-state index is -1.21. The molecular weight excluding hydrogens is 579 g/mol. The number of ether oxygens (including phenoxy) is 1. The zero-order valence-electron chi connectivity index (χ0n) is 26.8. The van der Waals surface area contributed by atoms with Gasteiger partial charge < -0.3 is 19.9 Å². The van der Waals surface area contributed by atoms with E-state index >= 15 is 0 Å². The van der Waals surface area contributed by atoms with Gasteiger partial charge in [0.05, 0.1) is 11.2 Å². The molecule has 2 fully saturated rings. The highest BCUT2D eigenvalue weighted by Gasteiger charge is 2.32. The third-order valence-corrected chi connectivity index (χ3v) is 10.5. The lowest BCUT2D eigenvalue weighted by molar-refractivity contribution is -0.115. The van der Waals surface area contributed by atoms with Gasteiger partial charge in [0.15, 0.2) is 0 Å². The Balaban J connectivity index is 1.29. The van der Waals surface area contributed by atoms with E-state index in [1.165, 1.54) is 0 Å². The van der Waals surface area contributed by atoms with Crippen LogP contribution < -0.4 is 5.32 Å². The van der Waals surface area contributed by atoms with E-state index in [1.807, 2.05) is 70.3 Å². The van der Waals surface area contributed by atoms with Gasteiger partial charge in [-0.15, -0.1) is 0 Å². The lowest BCUT2D eigenvalue weighted by Crippen LogP contribution is -2.47. The lowest BCUT2D eigenvalue weighted by atomic mass is 9.91. The van der Waals surface area contributed by atoms with E-state index in [9.17, 15) is 9.59 Å². The van der Waals surface area contributed by atoms with Crippen molar-refractivity contribution in [1.29, 1.82) is 0 Å². The van der Waals surface area contributed by atoms with Crippen molar-refractivity contribution in [3.05, 3.63) is 94.3 Å². The molecule has 1 aliphatic carbocycles. The highest BCUT2D eigenvalue weighted by Crippen LogP contribution is 2.34. The molecule has 2 saturated heterocycles. The molecule has 3 heterocycles. The summed E-state index contributed by atoms with van der Waals surface area (Å²) >= 11 is 0. The van der Waals surface area contributed by atoms with Crippen molar-refractivity contribution in [2.45, 2.75) is 38.8 Å². The van der Waals surface area contributed by atoms with E-state index in [1.54, 1.807) is 0 Å². The first kappa shape index (κ1) is 31.0. The van der Waals surface area contributed by atoms with Crippen LogP contribution in [-0.2, 0) is 16.3 Å². The number of nitrogens with zero attached hydrogens (tertiary/aromatic N) is 4. The van der Waals surface area contributed by atoms with E-state index in [0.717, 1.165) is 77.6 Å². The molecule has 1 unspecified atom stereocenters. The summed E-state index contributed by atoms with van der Waals surface area (Å²) in [5, 5.41) is 8.96. The highest BCUT2D eigenvalue weighted by molar-refractivity contribution is 6.76. The van der Waals surface area contributed by atoms with Crippen LogP contribution in [0.4, 0.5) is 0 Å². The van der Waals surface area contributed by atoms with Crippen LogP contribution in [0.1, 0.15) is 33.6 Å². The molecule has 0 radical (unpaired) electrons. The standard InChI is InChI=1S/C36H43N5O3Si/c1-39-16-18-40(19-17-39)36(43)28-9-7-8-26(22-28)12-14-33-31-24-27(23-30-29-10-5-6-11-32(29)37-35(30)42)13-15-34(31)41(38-33)25-44-20-21-45(2,3)4/h5-9,11-15,22-24,29H,10,16-21,25H2,1-4H3,(H,37,42)/b14-12+,30-23+. The van der Waals surface area contributed by atoms with E-state index in [4.69, 9.17) is 9.84 Å². The van der Waals surface area contributed by atoms with Gasteiger partial charge in [-0.3, -0.25) is 9.59 Å². The molecule has 1 aromatic heterocycles. The maximum absolute atomic E-state index is 13.2. The molecule has 3 aromatic rings. The van der Waals surface area contributed by atoms with E-state index in [2.05, 4.69) is 55.1 Å². The number of carbonyl (C=O) groups excluding carboxylic acids is 2. The number of piperazine rings is 1. The number of amides is 2. The summed E-state index contributed by atoms with van der Waals surface area (Å²) in [5.74, 6) is 0.109. The minimum Gasteiger partial charge on any atom is -0.360 e. The van der Waals surface area contributed by atoms with Crippen LogP contribution in [-0.4, -0.2) is 79.3 Å². The average Bonchev–Trinajstić information content (AvgIpc) is 3.53. The van der Waals surface area contributed by atoms with Gasteiger partial charge in [-0.1, -0.05) is 56.1 Å². The van der Waals surface area contributed by atoms with Gasteiger partial charge >= 0.3 is 0 Å². The topological polar surface area (TPSA) is 79.7 Å². The summed E-state index contributed by atoms with van der Waals surface area (Å²) in [4.78, 5) is 30.2. The first-order chi connectivity index (χ1) is 21.6. The minimum absolute atomic E-state index is 0.0346. The first-order valence-electron chi connectivity index (χ1n) is 15.9. The fourth-order valence-corrected chi connectivity index (χ4v) is 6.72. The van der Waals surface area contributed by atoms with Gasteiger partial charge in [0.25, 0.3) is 11.8 Å². The molecule has 0 spiro atoms. The number of likely N-dealkylation sites (N-methyl/N-ethyl adjacent to an activating group) is 1. The third-order valence-electron chi connectivity index (χ3n) is 8.75. The first-order valence-corrected chi connectivity index (χ1v) is 19.6. The SMILES string of the molecule is CN1CCN(C(=O)c2cccc(/C=C/c3nn(COCC[Si](C)(C)C)c4ccc(/C=C5/C(=O)NC6=CC=CCC65)cc34)c2)CC1. The predicted octanol–water partition coefficient (Wildman–Crippen LogP) is 5.88. The Bertz CT molecular complexity index is 1720. The highest BCUT2D eigenvalue weighted by atomic mass is 28.3. The van der Waals surface area contributed by atoms with Crippen LogP contribution >= 0.6 is 0 Å². The van der Waals surface area contributed by atoms with Gasteiger partial charge in [0, 0.05) is 69.0 Å². The molecule has 6 rings (SSSR count). The van der Waals surface area contributed by atoms with Crippen molar-refractivity contribution in [2.24, 2.45) is 5.92 Å². The molecule has 8 nitrogen and oxygen atoms in total. The van der Waals surface area contributed by atoms with Crippen LogP contribution in [0.25, 0.3) is 29.1 Å². The van der Waals surface area contributed by atoms with Crippen LogP contribution in [0.3, 0.4) is 0 Å². The third kappa shape index (κ3) is 7.27. The molecule has 1 atom stereocenters. The Hall–Kier alpha value is -4.05. The van der Waals surface area contributed by atoms with Gasteiger partial charge in [0.1, 0.15) is 6.73 Å². The number of hydrogen-bond donors (Lipinski definition) is 1. The number of benzene rings is 2. The van der Waals surface area contributed by atoms with E-state index < -0.39 is 8.07 Å². The van der Waals surface area contributed by atoms with Crippen molar-refractivity contribution in [1.82, 2.24) is 24.9 Å².